The highest BCUT2D eigenvalue weighted by Crippen LogP contribution is 2.39. The molecule has 2 aliphatic rings. The molecule has 1 aliphatic heterocycles. The van der Waals surface area contributed by atoms with Crippen molar-refractivity contribution in [3.05, 3.63) is 16.0 Å². The van der Waals surface area contributed by atoms with Crippen LogP contribution in [0.1, 0.15) is 40.6 Å². The topological polar surface area (TPSA) is 67.4 Å². The van der Waals surface area contributed by atoms with E-state index in [1.165, 1.54) is 23.3 Å². The fraction of sp³-hybridized carbons (Fsp3) is 0.600. The van der Waals surface area contributed by atoms with Gasteiger partial charge in [-0.3, -0.25) is 4.79 Å². The summed E-state index contributed by atoms with van der Waals surface area (Å²) >= 11 is 1.53. The molecule has 5 nitrogen and oxygen atoms in total. The molecule has 0 bridgehead atoms. The predicted molar refractivity (Wildman–Crippen MR) is 81.9 cm³/mol. The molecule has 2 atom stereocenters. The number of anilines is 1. The lowest BCUT2D eigenvalue weighted by Crippen LogP contribution is -2.32. The Kier molecular flexibility index (Phi) is 3.99. The van der Waals surface area contributed by atoms with Gasteiger partial charge in [-0.05, 0) is 44.7 Å². The van der Waals surface area contributed by atoms with E-state index in [-0.39, 0.29) is 23.8 Å². The molecule has 1 saturated heterocycles. The first-order valence-corrected chi connectivity index (χ1v) is 8.20. The molecule has 2 heterocycles. The number of aryl methyl sites for hydroxylation is 1. The summed E-state index contributed by atoms with van der Waals surface area (Å²) in [5.41, 5.74) is 1.64. The maximum Gasteiger partial charge on any atom is 0.341 e. The molecule has 1 amide bonds. The number of carbonyl (C=O) groups is 2. The van der Waals surface area contributed by atoms with Crippen LogP contribution in [0.2, 0.25) is 0 Å². The van der Waals surface area contributed by atoms with Gasteiger partial charge in [0.25, 0.3) is 0 Å². The number of carbonyl (C=O) groups excluding carboxylic acids is 2. The van der Waals surface area contributed by atoms with Gasteiger partial charge in [-0.2, -0.15) is 0 Å². The molecule has 6 heteroatoms. The maximum absolute atomic E-state index is 12.4. The number of hydrogen-bond donors (Lipinski definition) is 2. The smallest absolute Gasteiger partial charge is 0.341 e. The third-order valence-electron chi connectivity index (χ3n) is 4.41. The molecule has 0 spiro atoms. The van der Waals surface area contributed by atoms with E-state index < -0.39 is 0 Å². The highest BCUT2D eigenvalue weighted by atomic mass is 32.1. The number of ether oxygens (including phenoxy) is 1. The van der Waals surface area contributed by atoms with Crippen molar-refractivity contribution in [3.8, 4) is 0 Å². The van der Waals surface area contributed by atoms with E-state index in [0.29, 0.717) is 10.6 Å². The first-order chi connectivity index (χ1) is 10.1. The van der Waals surface area contributed by atoms with E-state index in [0.717, 1.165) is 37.8 Å². The molecule has 2 N–H and O–H groups in total. The molecule has 3 rings (SSSR count). The fourth-order valence-corrected chi connectivity index (χ4v) is 4.51. The Bertz CT molecular complexity index is 582. The second-order valence-electron chi connectivity index (χ2n) is 5.68. The predicted octanol–water partition coefficient (Wildman–Crippen LogP) is 1.96. The highest BCUT2D eigenvalue weighted by Gasteiger charge is 2.32. The van der Waals surface area contributed by atoms with Gasteiger partial charge >= 0.3 is 5.97 Å². The zero-order valence-electron chi connectivity index (χ0n) is 12.3. The van der Waals surface area contributed by atoms with E-state index in [4.69, 9.17) is 4.74 Å². The van der Waals surface area contributed by atoms with E-state index in [2.05, 4.69) is 10.6 Å². The Morgan fingerprint density at radius 3 is 2.86 bits per heavy atom. The Balaban J connectivity index is 1.85. The van der Waals surface area contributed by atoms with E-state index >= 15 is 0 Å². The van der Waals surface area contributed by atoms with Gasteiger partial charge in [-0.1, -0.05) is 0 Å². The largest absolute Gasteiger partial charge is 0.465 e. The number of methoxy groups -OCH3 is 1. The van der Waals surface area contributed by atoms with E-state index in [9.17, 15) is 9.59 Å². The summed E-state index contributed by atoms with van der Waals surface area (Å²) in [5, 5.41) is 6.90. The van der Waals surface area contributed by atoms with Crippen molar-refractivity contribution >= 4 is 28.2 Å². The number of amides is 1. The monoisotopic (exact) mass is 308 g/mol. The summed E-state index contributed by atoms with van der Waals surface area (Å²) in [6.07, 6.45) is 3.80. The van der Waals surface area contributed by atoms with Crippen molar-refractivity contribution in [1.82, 2.24) is 5.32 Å². The van der Waals surface area contributed by atoms with Gasteiger partial charge in [-0.25, -0.2) is 4.79 Å². The number of fused-ring (bicyclic) bond motifs is 1. The average Bonchev–Trinajstić information content (AvgIpc) is 3.13. The number of rotatable bonds is 3. The van der Waals surface area contributed by atoms with Gasteiger partial charge in [-0.15, -0.1) is 11.3 Å². The van der Waals surface area contributed by atoms with Crippen LogP contribution in [0.25, 0.3) is 0 Å². The SMILES string of the molecule is COC(=O)c1c(NC(=O)C2CCNC2C)sc2c1CCC2. The first kappa shape index (κ1) is 14.5. The minimum absolute atomic E-state index is 0.00224. The van der Waals surface area contributed by atoms with Gasteiger partial charge in [0, 0.05) is 10.9 Å². The molecule has 21 heavy (non-hydrogen) atoms. The van der Waals surface area contributed by atoms with Crippen LogP contribution in [0.3, 0.4) is 0 Å². The normalized spacial score (nSPS) is 23.9. The molecule has 0 aromatic carbocycles. The van der Waals surface area contributed by atoms with Crippen LogP contribution < -0.4 is 10.6 Å². The van der Waals surface area contributed by atoms with E-state index in [1.807, 2.05) is 6.92 Å². The lowest BCUT2D eigenvalue weighted by atomic mass is 10.0. The Morgan fingerprint density at radius 2 is 2.19 bits per heavy atom. The van der Waals surface area contributed by atoms with Gasteiger partial charge in [0.05, 0.1) is 18.6 Å². The van der Waals surface area contributed by atoms with Crippen LogP contribution in [0.5, 0.6) is 0 Å². The van der Waals surface area contributed by atoms with Crippen LogP contribution in [-0.4, -0.2) is 31.6 Å². The van der Waals surface area contributed by atoms with Gasteiger partial charge < -0.3 is 15.4 Å². The summed E-state index contributed by atoms with van der Waals surface area (Å²) < 4.78 is 4.89. The molecule has 1 aromatic rings. The quantitative estimate of drug-likeness (QED) is 0.838. The van der Waals surface area contributed by atoms with Crippen LogP contribution in [0.4, 0.5) is 5.00 Å². The standard InChI is InChI=1S/C15H20N2O3S/c1-8-9(6-7-16-8)13(18)17-14-12(15(19)20-2)10-4-3-5-11(10)21-14/h8-9,16H,3-7H2,1-2H3,(H,17,18). The second-order valence-corrected chi connectivity index (χ2v) is 6.79. The summed E-state index contributed by atoms with van der Waals surface area (Å²) in [6.45, 7) is 2.89. The van der Waals surface area contributed by atoms with Crippen molar-refractivity contribution in [3.63, 3.8) is 0 Å². The third-order valence-corrected chi connectivity index (χ3v) is 5.62. The van der Waals surface area contributed by atoms with Crippen molar-refractivity contribution in [2.75, 3.05) is 19.0 Å². The summed E-state index contributed by atoms with van der Waals surface area (Å²) in [4.78, 5) is 25.7. The molecule has 2 unspecified atom stereocenters. The minimum Gasteiger partial charge on any atom is -0.465 e. The molecule has 1 aliphatic carbocycles. The Labute approximate surface area is 128 Å². The lowest BCUT2D eigenvalue weighted by molar-refractivity contribution is -0.119. The molecule has 0 radical (unpaired) electrons. The third kappa shape index (κ3) is 2.58. The van der Waals surface area contributed by atoms with Crippen LogP contribution in [-0.2, 0) is 22.4 Å². The molecule has 1 aromatic heterocycles. The van der Waals surface area contributed by atoms with Crippen molar-refractivity contribution in [2.45, 2.75) is 38.6 Å². The summed E-state index contributed by atoms with van der Waals surface area (Å²) in [7, 11) is 1.38. The second kappa shape index (κ2) is 5.77. The van der Waals surface area contributed by atoms with Crippen molar-refractivity contribution in [2.24, 2.45) is 5.92 Å². The summed E-state index contributed by atoms with van der Waals surface area (Å²) in [5.74, 6) is -0.382. The first-order valence-electron chi connectivity index (χ1n) is 7.39. The maximum atomic E-state index is 12.4. The Morgan fingerprint density at radius 1 is 1.38 bits per heavy atom. The zero-order chi connectivity index (χ0) is 15.0. The van der Waals surface area contributed by atoms with E-state index in [1.54, 1.807) is 0 Å². The Hall–Kier alpha value is -1.40. The number of hydrogen-bond acceptors (Lipinski definition) is 5. The lowest BCUT2D eigenvalue weighted by Gasteiger charge is -2.15. The molecule has 1 fully saturated rings. The van der Waals surface area contributed by atoms with Crippen molar-refractivity contribution in [1.29, 1.82) is 0 Å². The van der Waals surface area contributed by atoms with Gasteiger partial charge in [0.1, 0.15) is 5.00 Å². The molecule has 114 valence electrons. The van der Waals surface area contributed by atoms with Gasteiger partial charge in [0.2, 0.25) is 5.91 Å². The van der Waals surface area contributed by atoms with Crippen LogP contribution in [0, 0.1) is 5.92 Å². The van der Waals surface area contributed by atoms with Crippen LogP contribution >= 0.6 is 11.3 Å². The number of nitrogens with one attached hydrogen (secondary N) is 2. The minimum atomic E-state index is -0.345. The highest BCUT2D eigenvalue weighted by molar-refractivity contribution is 7.17. The molecular formula is C15H20N2O3S. The van der Waals surface area contributed by atoms with Crippen LogP contribution in [0.15, 0.2) is 0 Å². The number of esters is 1. The molecular weight excluding hydrogens is 288 g/mol. The van der Waals surface area contributed by atoms with Crippen molar-refractivity contribution < 1.29 is 14.3 Å². The zero-order valence-corrected chi connectivity index (χ0v) is 13.1. The summed E-state index contributed by atoms with van der Waals surface area (Å²) in [6, 6.07) is 0.179. The fourth-order valence-electron chi connectivity index (χ4n) is 3.23. The van der Waals surface area contributed by atoms with Gasteiger partial charge in [0.15, 0.2) is 0 Å². The average molecular weight is 308 g/mol. The number of thiophene rings is 1. The molecule has 0 saturated carbocycles.